The molecule has 3 aromatic carbocycles. The second kappa shape index (κ2) is 8.72. The number of carbonyl (C=O) groups is 4. The van der Waals surface area contributed by atoms with E-state index in [4.69, 9.17) is 4.74 Å². The fraction of sp³-hybridized carbons (Fsp3) is 0.0435. The third-order valence-corrected chi connectivity index (χ3v) is 5.19. The molecule has 1 heterocycles. The van der Waals surface area contributed by atoms with Gasteiger partial charge in [-0.1, -0.05) is 28.1 Å². The molecule has 3 aromatic rings. The van der Waals surface area contributed by atoms with E-state index in [1.807, 2.05) is 0 Å². The molecule has 0 unspecified atom stereocenters. The molecule has 1 aliphatic heterocycles. The molecule has 4 rings (SSSR count). The number of ether oxygens (including phenoxy) is 1. The summed E-state index contributed by atoms with van der Waals surface area (Å²) in [5, 5.41) is 2.32. The third kappa shape index (κ3) is 4.15. The number of nitrogens with one attached hydrogen (secondary N) is 1. The number of amides is 3. The number of hydrogen-bond acceptors (Lipinski definition) is 5. The number of carbonyl (C=O) groups excluding carboxylic acids is 4. The molecule has 0 saturated heterocycles. The van der Waals surface area contributed by atoms with Gasteiger partial charge >= 0.3 is 5.97 Å². The lowest BCUT2D eigenvalue weighted by Crippen LogP contribution is -2.29. The Morgan fingerprint density at radius 1 is 0.938 bits per heavy atom. The van der Waals surface area contributed by atoms with E-state index in [-0.39, 0.29) is 11.3 Å². The van der Waals surface area contributed by atoms with Crippen LogP contribution < -0.4 is 10.2 Å². The summed E-state index contributed by atoms with van der Waals surface area (Å²) in [6, 6.07) is 16.3. The second-order valence-electron chi connectivity index (χ2n) is 6.79. The lowest BCUT2D eigenvalue weighted by molar-refractivity contribution is -0.119. The highest BCUT2D eigenvalue weighted by molar-refractivity contribution is 9.10. The van der Waals surface area contributed by atoms with Crippen LogP contribution in [0.15, 0.2) is 71.2 Å². The summed E-state index contributed by atoms with van der Waals surface area (Å²) in [5.74, 6) is -3.02. The van der Waals surface area contributed by atoms with E-state index in [9.17, 15) is 23.6 Å². The smallest absolute Gasteiger partial charge is 0.338 e. The Morgan fingerprint density at radius 3 is 2.16 bits per heavy atom. The van der Waals surface area contributed by atoms with Crippen molar-refractivity contribution < 1.29 is 28.3 Å². The predicted octanol–water partition coefficient (Wildman–Crippen LogP) is 4.18. The van der Waals surface area contributed by atoms with Gasteiger partial charge in [0.1, 0.15) is 5.82 Å². The van der Waals surface area contributed by atoms with Crippen LogP contribution in [0.2, 0.25) is 0 Å². The number of nitrogens with zero attached hydrogens (tertiary/aromatic N) is 1. The van der Waals surface area contributed by atoms with Crippen LogP contribution in [-0.4, -0.2) is 30.3 Å². The average Bonchev–Trinajstić information content (AvgIpc) is 3.04. The monoisotopic (exact) mass is 496 g/mol. The first-order valence-corrected chi connectivity index (χ1v) is 10.1. The van der Waals surface area contributed by atoms with E-state index in [2.05, 4.69) is 21.2 Å². The lowest BCUT2D eigenvalue weighted by atomic mass is 10.1. The van der Waals surface area contributed by atoms with Gasteiger partial charge in [-0.05, 0) is 54.6 Å². The molecule has 32 heavy (non-hydrogen) atoms. The fourth-order valence-electron chi connectivity index (χ4n) is 3.16. The topological polar surface area (TPSA) is 92.8 Å². The normalized spacial score (nSPS) is 12.5. The number of fused-ring (bicyclic) bond motifs is 1. The molecule has 1 aliphatic rings. The molecule has 3 amide bonds. The number of imide groups is 1. The van der Waals surface area contributed by atoms with Crippen molar-refractivity contribution >= 4 is 51.0 Å². The van der Waals surface area contributed by atoms with Crippen molar-refractivity contribution in [3.05, 3.63) is 93.7 Å². The average molecular weight is 497 g/mol. The maximum Gasteiger partial charge on any atom is 0.338 e. The molecule has 160 valence electrons. The van der Waals surface area contributed by atoms with E-state index in [0.29, 0.717) is 21.3 Å². The zero-order chi connectivity index (χ0) is 22.8. The molecule has 0 saturated carbocycles. The van der Waals surface area contributed by atoms with Crippen molar-refractivity contribution in [1.29, 1.82) is 0 Å². The van der Waals surface area contributed by atoms with Gasteiger partial charge in [-0.3, -0.25) is 14.4 Å². The SMILES string of the molecule is O=C(COC(=O)c1ccc(N2C(=O)c3ccccc3C2=O)cc1)Nc1ccc(Br)cc1F. The van der Waals surface area contributed by atoms with Crippen LogP contribution in [0.5, 0.6) is 0 Å². The van der Waals surface area contributed by atoms with Crippen molar-refractivity contribution in [1.82, 2.24) is 0 Å². The van der Waals surface area contributed by atoms with E-state index in [0.717, 1.165) is 4.90 Å². The van der Waals surface area contributed by atoms with E-state index < -0.39 is 36.1 Å². The number of anilines is 2. The summed E-state index contributed by atoms with van der Waals surface area (Å²) in [7, 11) is 0. The van der Waals surface area contributed by atoms with Crippen LogP contribution in [0.4, 0.5) is 15.8 Å². The van der Waals surface area contributed by atoms with Gasteiger partial charge in [-0.2, -0.15) is 0 Å². The van der Waals surface area contributed by atoms with Crippen molar-refractivity contribution in [2.75, 3.05) is 16.8 Å². The van der Waals surface area contributed by atoms with Crippen LogP contribution in [0.25, 0.3) is 0 Å². The Labute approximate surface area is 189 Å². The highest BCUT2D eigenvalue weighted by atomic mass is 79.9. The summed E-state index contributed by atoms with van der Waals surface area (Å²) in [4.78, 5) is 50.3. The summed E-state index contributed by atoms with van der Waals surface area (Å²) in [5.41, 5.74) is 1.01. The van der Waals surface area contributed by atoms with Crippen molar-refractivity contribution in [3.8, 4) is 0 Å². The minimum Gasteiger partial charge on any atom is -0.452 e. The summed E-state index contributed by atoms with van der Waals surface area (Å²) in [6.45, 7) is -0.617. The molecule has 0 aromatic heterocycles. The first-order valence-electron chi connectivity index (χ1n) is 9.35. The van der Waals surface area contributed by atoms with Crippen LogP contribution in [0.1, 0.15) is 31.1 Å². The summed E-state index contributed by atoms with van der Waals surface area (Å²) >= 11 is 3.12. The Bertz CT molecular complexity index is 1220. The molecular weight excluding hydrogens is 483 g/mol. The zero-order valence-electron chi connectivity index (χ0n) is 16.3. The second-order valence-corrected chi connectivity index (χ2v) is 7.70. The number of rotatable bonds is 5. The van der Waals surface area contributed by atoms with Crippen LogP contribution >= 0.6 is 15.9 Å². The largest absolute Gasteiger partial charge is 0.452 e. The highest BCUT2D eigenvalue weighted by Gasteiger charge is 2.36. The van der Waals surface area contributed by atoms with Gasteiger partial charge in [-0.25, -0.2) is 14.1 Å². The van der Waals surface area contributed by atoms with Crippen LogP contribution in [0, 0.1) is 5.82 Å². The number of halogens is 2. The van der Waals surface area contributed by atoms with Gasteiger partial charge in [0.25, 0.3) is 17.7 Å². The number of esters is 1. The van der Waals surface area contributed by atoms with Crippen molar-refractivity contribution in [2.24, 2.45) is 0 Å². The van der Waals surface area contributed by atoms with Crippen LogP contribution in [0.3, 0.4) is 0 Å². The maximum absolute atomic E-state index is 13.8. The van der Waals surface area contributed by atoms with E-state index in [1.165, 1.54) is 36.4 Å². The Hall–Kier alpha value is -3.85. The Balaban J connectivity index is 1.38. The molecule has 7 nitrogen and oxygen atoms in total. The molecule has 0 atom stereocenters. The van der Waals surface area contributed by atoms with E-state index in [1.54, 1.807) is 30.3 Å². The Kier molecular flexibility index (Phi) is 5.83. The summed E-state index contributed by atoms with van der Waals surface area (Å²) in [6.07, 6.45) is 0. The molecule has 0 aliphatic carbocycles. The molecule has 0 spiro atoms. The molecule has 0 radical (unpaired) electrons. The van der Waals surface area contributed by atoms with Crippen molar-refractivity contribution in [3.63, 3.8) is 0 Å². The van der Waals surface area contributed by atoms with Gasteiger partial charge < -0.3 is 10.1 Å². The van der Waals surface area contributed by atoms with Gasteiger partial charge in [0, 0.05) is 4.47 Å². The minimum atomic E-state index is -0.787. The first-order chi connectivity index (χ1) is 15.3. The van der Waals surface area contributed by atoms with Crippen molar-refractivity contribution in [2.45, 2.75) is 0 Å². The molecule has 0 fully saturated rings. The third-order valence-electron chi connectivity index (χ3n) is 4.69. The highest BCUT2D eigenvalue weighted by Crippen LogP contribution is 2.28. The summed E-state index contributed by atoms with van der Waals surface area (Å²) < 4.78 is 19.2. The predicted molar refractivity (Wildman–Crippen MR) is 117 cm³/mol. The van der Waals surface area contributed by atoms with Gasteiger partial charge in [0.05, 0.1) is 28.1 Å². The number of benzene rings is 3. The fourth-order valence-corrected chi connectivity index (χ4v) is 3.50. The lowest BCUT2D eigenvalue weighted by Gasteiger charge is -2.14. The van der Waals surface area contributed by atoms with Gasteiger partial charge in [0.2, 0.25) is 0 Å². The van der Waals surface area contributed by atoms with Gasteiger partial charge in [-0.15, -0.1) is 0 Å². The van der Waals surface area contributed by atoms with Crippen LogP contribution in [-0.2, 0) is 9.53 Å². The Morgan fingerprint density at radius 2 is 1.56 bits per heavy atom. The zero-order valence-corrected chi connectivity index (χ0v) is 17.9. The molecule has 0 bridgehead atoms. The maximum atomic E-state index is 13.8. The van der Waals surface area contributed by atoms with Gasteiger partial charge in [0.15, 0.2) is 6.61 Å². The quantitative estimate of drug-likeness (QED) is 0.422. The minimum absolute atomic E-state index is 0.0421. The molecular formula is C23H14BrFN2O5. The molecule has 9 heteroatoms. The van der Waals surface area contributed by atoms with E-state index >= 15 is 0 Å². The number of hydrogen-bond donors (Lipinski definition) is 1. The first kappa shape index (κ1) is 21.4. The molecule has 1 N–H and O–H groups in total. The standard InChI is InChI=1S/C23H14BrFN2O5/c24-14-7-10-19(18(25)11-14)26-20(28)12-32-23(31)13-5-8-15(9-6-13)27-21(29)16-3-1-2-4-17(16)22(27)30/h1-11H,12H2,(H,26,28).